The van der Waals surface area contributed by atoms with E-state index in [0.717, 1.165) is 18.7 Å². The van der Waals surface area contributed by atoms with Crippen molar-refractivity contribution < 1.29 is 9.53 Å². The number of rotatable bonds is 8. The summed E-state index contributed by atoms with van der Waals surface area (Å²) in [5.41, 5.74) is 1.99. The summed E-state index contributed by atoms with van der Waals surface area (Å²) in [7, 11) is 1.59. The van der Waals surface area contributed by atoms with Crippen LogP contribution < -0.4 is 15.4 Å². The topological polar surface area (TPSA) is 63.2 Å². The number of hydrogen-bond acceptors (Lipinski definition) is 4. The van der Waals surface area contributed by atoms with Gasteiger partial charge in [-0.2, -0.15) is 0 Å². The number of hydrogen-bond donors (Lipinski definition) is 2. The highest BCUT2D eigenvalue weighted by molar-refractivity contribution is 6.03. The molecule has 1 aromatic heterocycles. The molecule has 0 aliphatic carbocycles. The van der Waals surface area contributed by atoms with Gasteiger partial charge >= 0.3 is 0 Å². The molecule has 1 amide bonds. The maximum atomic E-state index is 12.2. The highest BCUT2D eigenvalue weighted by atomic mass is 16.5. The van der Waals surface area contributed by atoms with E-state index in [1.807, 2.05) is 24.3 Å². The summed E-state index contributed by atoms with van der Waals surface area (Å²) in [6.45, 7) is 3.10. The molecular formula is C18H23N3O2. The van der Waals surface area contributed by atoms with E-state index in [2.05, 4.69) is 22.5 Å². The number of amides is 1. The SMILES string of the molecule is CCCCCNc1ccc(C(=O)Nc2cccc(OC)c2)nc1. The Morgan fingerprint density at radius 2 is 2.04 bits per heavy atom. The van der Waals surface area contributed by atoms with Crippen LogP contribution in [0.4, 0.5) is 11.4 Å². The highest BCUT2D eigenvalue weighted by Gasteiger charge is 2.08. The molecule has 23 heavy (non-hydrogen) atoms. The molecule has 122 valence electrons. The lowest BCUT2D eigenvalue weighted by atomic mass is 10.2. The van der Waals surface area contributed by atoms with Crippen LogP contribution in [-0.2, 0) is 0 Å². The van der Waals surface area contributed by atoms with Crippen LogP contribution in [0.3, 0.4) is 0 Å². The Hall–Kier alpha value is -2.56. The van der Waals surface area contributed by atoms with E-state index in [1.54, 1.807) is 25.4 Å². The fourth-order valence-electron chi connectivity index (χ4n) is 2.14. The number of methoxy groups -OCH3 is 1. The highest BCUT2D eigenvalue weighted by Crippen LogP contribution is 2.17. The van der Waals surface area contributed by atoms with E-state index >= 15 is 0 Å². The van der Waals surface area contributed by atoms with Gasteiger partial charge in [0.1, 0.15) is 11.4 Å². The Morgan fingerprint density at radius 3 is 2.74 bits per heavy atom. The van der Waals surface area contributed by atoms with Gasteiger partial charge < -0.3 is 15.4 Å². The molecule has 0 fully saturated rings. The average Bonchev–Trinajstić information content (AvgIpc) is 2.59. The number of nitrogens with zero attached hydrogens (tertiary/aromatic N) is 1. The second kappa shape index (κ2) is 8.78. The van der Waals surface area contributed by atoms with Gasteiger partial charge in [-0.3, -0.25) is 4.79 Å². The summed E-state index contributed by atoms with van der Waals surface area (Å²) in [5, 5.41) is 6.11. The molecule has 0 saturated heterocycles. The predicted octanol–water partition coefficient (Wildman–Crippen LogP) is 3.94. The molecule has 5 heteroatoms. The predicted molar refractivity (Wildman–Crippen MR) is 93.2 cm³/mol. The Balaban J connectivity index is 1.91. The van der Waals surface area contributed by atoms with Gasteiger partial charge in [0.15, 0.2) is 0 Å². The maximum Gasteiger partial charge on any atom is 0.274 e. The Kier molecular flexibility index (Phi) is 6.41. The number of carbonyl (C=O) groups excluding carboxylic acids is 1. The molecule has 1 aromatic carbocycles. The van der Waals surface area contributed by atoms with Gasteiger partial charge in [-0.1, -0.05) is 25.8 Å². The number of pyridine rings is 1. The summed E-state index contributed by atoms with van der Waals surface area (Å²) < 4.78 is 5.14. The Morgan fingerprint density at radius 1 is 1.17 bits per heavy atom. The Labute approximate surface area is 137 Å². The van der Waals surface area contributed by atoms with E-state index in [0.29, 0.717) is 17.1 Å². The van der Waals surface area contributed by atoms with Crippen molar-refractivity contribution in [2.45, 2.75) is 26.2 Å². The molecule has 2 N–H and O–H groups in total. The number of ether oxygens (including phenoxy) is 1. The van der Waals surface area contributed by atoms with Gasteiger partial charge in [-0.05, 0) is 30.7 Å². The van der Waals surface area contributed by atoms with Crippen molar-refractivity contribution in [1.82, 2.24) is 4.98 Å². The first-order chi connectivity index (χ1) is 11.2. The summed E-state index contributed by atoms with van der Waals surface area (Å²) in [6.07, 6.45) is 5.23. The number of aromatic nitrogens is 1. The average molecular weight is 313 g/mol. The second-order valence-corrected chi connectivity index (χ2v) is 5.25. The van der Waals surface area contributed by atoms with Crippen molar-refractivity contribution in [2.24, 2.45) is 0 Å². The number of unbranched alkanes of at least 4 members (excludes halogenated alkanes) is 2. The van der Waals surface area contributed by atoms with Crippen molar-refractivity contribution in [3.8, 4) is 5.75 Å². The van der Waals surface area contributed by atoms with E-state index < -0.39 is 0 Å². The van der Waals surface area contributed by atoms with Crippen LogP contribution in [0.15, 0.2) is 42.6 Å². The molecule has 0 spiro atoms. The van der Waals surface area contributed by atoms with E-state index in [9.17, 15) is 4.79 Å². The minimum atomic E-state index is -0.240. The first-order valence-electron chi connectivity index (χ1n) is 7.88. The third kappa shape index (κ3) is 5.29. The summed E-state index contributed by atoms with van der Waals surface area (Å²) >= 11 is 0. The standard InChI is InChI=1S/C18H23N3O2/c1-3-4-5-11-19-15-9-10-17(20-13-15)18(22)21-14-7-6-8-16(12-14)23-2/h6-10,12-13,19H,3-5,11H2,1-2H3,(H,21,22). The van der Waals surface area contributed by atoms with Gasteiger partial charge in [-0.15, -0.1) is 0 Å². The smallest absolute Gasteiger partial charge is 0.274 e. The molecule has 0 aliphatic rings. The second-order valence-electron chi connectivity index (χ2n) is 5.25. The van der Waals surface area contributed by atoms with Crippen molar-refractivity contribution in [3.05, 3.63) is 48.3 Å². The zero-order valence-electron chi connectivity index (χ0n) is 13.6. The molecular weight excluding hydrogens is 290 g/mol. The number of carbonyl (C=O) groups is 1. The van der Waals surface area contributed by atoms with Gasteiger partial charge in [0.05, 0.1) is 19.0 Å². The molecule has 0 unspecified atom stereocenters. The van der Waals surface area contributed by atoms with Crippen LogP contribution in [0.2, 0.25) is 0 Å². The fourth-order valence-corrected chi connectivity index (χ4v) is 2.14. The van der Waals surface area contributed by atoms with E-state index in [4.69, 9.17) is 4.74 Å². The van der Waals surface area contributed by atoms with Crippen LogP contribution in [0.1, 0.15) is 36.7 Å². The monoisotopic (exact) mass is 313 g/mol. The molecule has 0 bridgehead atoms. The first-order valence-corrected chi connectivity index (χ1v) is 7.88. The molecule has 5 nitrogen and oxygen atoms in total. The van der Waals surface area contributed by atoms with E-state index in [1.165, 1.54) is 12.8 Å². The molecule has 0 aliphatic heterocycles. The Bertz CT molecular complexity index is 626. The lowest BCUT2D eigenvalue weighted by molar-refractivity contribution is 0.102. The summed E-state index contributed by atoms with van der Waals surface area (Å²) in [4.78, 5) is 16.4. The van der Waals surface area contributed by atoms with Gasteiger partial charge in [0.2, 0.25) is 0 Å². The van der Waals surface area contributed by atoms with Crippen molar-refractivity contribution >= 4 is 17.3 Å². The minimum absolute atomic E-state index is 0.240. The fraction of sp³-hybridized carbons (Fsp3) is 0.333. The van der Waals surface area contributed by atoms with Crippen molar-refractivity contribution in [1.29, 1.82) is 0 Å². The lowest BCUT2D eigenvalue weighted by Gasteiger charge is -2.08. The molecule has 2 aromatic rings. The summed E-state index contributed by atoms with van der Waals surface area (Å²) in [5.74, 6) is 0.457. The number of anilines is 2. The maximum absolute atomic E-state index is 12.2. The van der Waals surface area contributed by atoms with Crippen molar-refractivity contribution in [2.75, 3.05) is 24.3 Å². The molecule has 0 atom stereocenters. The number of nitrogens with one attached hydrogen (secondary N) is 2. The zero-order valence-corrected chi connectivity index (χ0v) is 13.6. The van der Waals surface area contributed by atoms with E-state index in [-0.39, 0.29) is 5.91 Å². The van der Waals surface area contributed by atoms with Crippen LogP contribution in [-0.4, -0.2) is 24.5 Å². The third-order valence-electron chi connectivity index (χ3n) is 3.43. The largest absolute Gasteiger partial charge is 0.497 e. The minimum Gasteiger partial charge on any atom is -0.497 e. The quantitative estimate of drug-likeness (QED) is 0.724. The molecule has 2 rings (SSSR count). The molecule has 1 heterocycles. The summed E-state index contributed by atoms with van der Waals surface area (Å²) in [6, 6.07) is 10.8. The molecule has 0 saturated carbocycles. The van der Waals surface area contributed by atoms with Crippen LogP contribution in [0, 0.1) is 0 Å². The number of benzene rings is 1. The lowest BCUT2D eigenvalue weighted by Crippen LogP contribution is -2.13. The third-order valence-corrected chi connectivity index (χ3v) is 3.43. The van der Waals surface area contributed by atoms with Gasteiger partial charge in [0.25, 0.3) is 5.91 Å². The normalized spacial score (nSPS) is 10.2. The zero-order chi connectivity index (χ0) is 16.5. The van der Waals surface area contributed by atoms with Crippen LogP contribution >= 0.6 is 0 Å². The molecule has 0 radical (unpaired) electrons. The van der Waals surface area contributed by atoms with Crippen LogP contribution in [0.25, 0.3) is 0 Å². The van der Waals surface area contributed by atoms with Crippen molar-refractivity contribution in [3.63, 3.8) is 0 Å². The van der Waals surface area contributed by atoms with Gasteiger partial charge in [0, 0.05) is 18.3 Å². The van der Waals surface area contributed by atoms with Crippen LogP contribution in [0.5, 0.6) is 5.75 Å². The van der Waals surface area contributed by atoms with Gasteiger partial charge in [-0.25, -0.2) is 4.98 Å². The first kappa shape index (κ1) is 16.8.